The first-order valence-corrected chi connectivity index (χ1v) is 11.1. The van der Waals surface area contributed by atoms with Gasteiger partial charge in [0.05, 0.1) is 5.41 Å². The maximum atomic E-state index is 13.5. The van der Waals surface area contributed by atoms with E-state index in [4.69, 9.17) is 0 Å². The predicted octanol–water partition coefficient (Wildman–Crippen LogP) is 3.69. The van der Waals surface area contributed by atoms with Crippen LogP contribution in [0.25, 0.3) is 11.1 Å². The lowest BCUT2D eigenvalue weighted by Crippen LogP contribution is -2.47. The highest BCUT2D eigenvalue weighted by atomic mass is 16.2. The largest absolute Gasteiger partial charge is 0.353 e. The van der Waals surface area contributed by atoms with Crippen molar-refractivity contribution in [1.29, 1.82) is 0 Å². The predicted molar refractivity (Wildman–Crippen MR) is 125 cm³/mol. The molecule has 2 amide bonds. The van der Waals surface area contributed by atoms with E-state index in [1.807, 2.05) is 44.2 Å². The highest BCUT2D eigenvalue weighted by Gasteiger charge is 2.46. The molecule has 1 fully saturated rings. The van der Waals surface area contributed by atoms with Gasteiger partial charge in [-0.25, -0.2) is 0 Å². The Balaban J connectivity index is 1.66. The van der Waals surface area contributed by atoms with E-state index in [2.05, 4.69) is 34.7 Å². The fourth-order valence-corrected chi connectivity index (χ4v) is 4.50. The zero-order valence-electron chi connectivity index (χ0n) is 18.9. The summed E-state index contributed by atoms with van der Waals surface area (Å²) in [5, 5.41) is 7.37. The fourth-order valence-electron chi connectivity index (χ4n) is 4.50. The molecule has 0 saturated carbocycles. The van der Waals surface area contributed by atoms with E-state index < -0.39 is 5.41 Å². The number of nitrogens with one attached hydrogen (secondary N) is 1. The fraction of sp³-hybridized carbons (Fsp3) is 0.346. The first-order valence-electron chi connectivity index (χ1n) is 11.1. The summed E-state index contributed by atoms with van der Waals surface area (Å²) in [6, 6.07) is 20.2. The molecule has 1 aliphatic heterocycles. The number of hydrogen-bond acceptors (Lipinski definition) is 3. The number of aryl methyl sites for hydroxylation is 1. The van der Waals surface area contributed by atoms with Gasteiger partial charge in [-0.2, -0.15) is 5.10 Å². The minimum Gasteiger partial charge on any atom is -0.353 e. The third-order valence-corrected chi connectivity index (χ3v) is 6.11. The third kappa shape index (κ3) is 4.44. The van der Waals surface area contributed by atoms with Gasteiger partial charge in [0, 0.05) is 32.4 Å². The van der Waals surface area contributed by atoms with Crippen molar-refractivity contribution in [1.82, 2.24) is 20.0 Å². The second-order valence-electron chi connectivity index (χ2n) is 8.96. The maximum absolute atomic E-state index is 13.5. The normalized spacial score (nSPS) is 18.2. The molecule has 2 heterocycles. The van der Waals surface area contributed by atoms with Crippen LogP contribution in [-0.2, 0) is 18.3 Å². The Kier molecular flexibility index (Phi) is 6.12. The van der Waals surface area contributed by atoms with Gasteiger partial charge in [-0.1, -0.05) is 54.6 Å². The highest BCUT2D eigenvalue weighted by Crippen LogP contribution is 2.38. The van der Waals surface area contributed by atoms with Crippen LogP contribution in [0, 0.1) is 5.41 Å². The first kappa shape index (κ1) is 21.8. The molecule has 2 aromatic carbocycles. The molecule has 4 rings (SSSR count). The summed E-state index contributed by atoms with van der Waals surface area (Å²) in [4.78, 5) is 28.3. The summed E-state index contributed by atoms with van der Waals surface area (Å²) < 4.78 is 1.62. The van der Waals surface area contributed by atoms with Crippen molar-refractivity contribution < 1.29 is 9.59 Å². The molecule has 6 nitrogen and oxygen atoms in total. The Morgan fingerprint density at radius 2 is 1.78 bits per heavy atom. The third-order valence-electron chi connectivity index (χ3n) is 6.11. The van der Waals surface area contributed by atoms with Gasteiger partial charge in [0.1, 0.15) is 5.69 Å². The Labute approximate surface area is 189 Å². The van der Waals surface area contributed by atoms with E-state index >= 15 is 0 Å². The lowest BCUT2D eigenvalue weighted by atomic mass is 9.78. The molecule has 1 aromatic heterocycles. The molecule has 0 bridgehead atoms. The van der Waals surface area contributed by atoms with Gasteiger partial charge >= 0.3 is 0 Å². The van der Waals surface area contributed by atoms with Crippen LogP contribution in [0.15, 0.2) is 66.9 Å². The Hall–Kier alpha value is -3.41. The molecule has 3 aromatic rings. The number of aromatic nitrogens is 2. The number of benzene rings is 2. The van der Waals surface area contributed by atoms with Gasteiger partial charge in [0.2, 0.25) is 5.91 Å². The monoisotopic (exact) mass is 430 g/mol. The molecule has 6 heteroatoms. The molecule has 1 N–H and O–H groups in total. The molecular weight excluding hydrogens is 400 g/mol. The van der Waals surface area contributed by atoms with E-state index in [0.717, 1.165) is 16.7 Å². The van der Waals surface area contributed by atoms with Crippen LogP contribution in [0.3, 0.4) is 0 Å². The number of carbonyl (C=O) groups is 2. The lowest BCUT2D eigenvalue weighted by Gasteiger charge is -2.30. The van der Waals surface area contributed by atoms with Crippen molar-refractivity contribution >= 4 is 11.8 Å². The number of likely N-dealkylation sites (tertiary alicyclic amines) is 1. The van der Waals surface area contributed by atoms with Crippen molar-refractivity contribution in [2.45, 2.75) is 32.7 Å². The standard InChI is InChI=1S/C26H30N4O2/c1-19(2)27-25(32)26(14-16-30(18-26)24(31)23-13-15-29(3)28-23)17-21-11-7-8-12-22(21)20-9-5-4-6-10-20/h4-13,15,19H,14,16-18H2,1-3H3,(H,27,32)/t26-/m0/s1. The zero-order valence-corrected chi connectivity index (χ0v) is 18.9. The van der Waals surface area contributed by atoms with Crippen LogP contribution in [0.1, 0.15) is 36.3 Å². The van der Waals surface area contributed by atoms with Crippen molar-refractivity contribution in [2.24, 2.45) is 12.5 Å². The second kappa shape index (κ2) is 8.99. The van der Waals surface area contributed by atoms with Gasteiger partial charge in [0.15, 0.2) is 0 Å². The van der Waals surface area contributed by atoms with Crippen LogP contribution in [0.2, 0.25) is 0 Å². The van der Waals surface area contributed by atoms with E-state index in [1.165, 1.54) is 0 Å². The number of amides is 2. The van der Waals surface area contributed by atoms with Gasteiger partial charge in [0.25, 0.3) is 5.91 Å². The smallest absolute Gasteiger partial charge is 0.274 e. The SMILES string of the molecule is CC(C)NC(=O)[C@]1(Cc2ccccc2-c2ccccc2)CCN(C(=O)c2ccn(C)n2)C1. The molecular formula is C26H30N4O2. The molecule has 1 saturated heterocycles. The first-order chi connectivity index (χ1) is 15.4. The van der Waals surface area contributed by atoms with Gasteiger partial charge < -0.3 is 10.2 Å². The van der Waals surface area contributed by atoms with Crippen molar-refractivity contribution in [3.05, 3.63) is 78.1 Å². The Morgan fingerprint density at radius 3 is 2.47 bits per heavy atom. The topological polar surface area (TPSA) is 67.2 Å². The number of carbonyl (C=O) groups excluding carboxylic acids is 2. The average molecular weight is 431 g/mol. The Bertz CT molecular complexity index is 1110. The number of hydrogen-bond donors (Lipinski definition) is 1. The van der Waals surface area contributed by atoms with Crippen LogP contribution in [0.5, 0.6) is 0 Å². The Morgan fingerprint density at radius 1 is 1.06 bits per heavy atom. The van der Waals surface area contributed by atoms with Gasteiger partial charge in [-0.05, 0) is 49.4 Å². The summed E-state index contributed by atoms with van der Waals surface area (Å²) in [5.74, 6) is -0.118. The lowest BCUT2D eigenvalue weighted by molar-refractivity contribution is -0.130. The van der Waals surface area contributed by atoms with E-state index in [-0.39, 0.29) is 17.9 Å². The van der Waals surface area contributed by atoms with E-state index in [1.54, 1.807) is 28.9 Å². The summed E-state index contributed by atoms with van der Waals surface area (Å²) in [5.41, 5.74) is 3.10. The number of rotatable bonds is 6. The maximum Gasteiger partial charge on any atom is 0.274 e. The van der Waals surface area contributed by atoms with Crippen molar-refractivity contribution in [3.63, 3.8) is 0 Å². The molecule has 0 spiro atoms. The quantitative estimate of drug-likeness (QED) is 0.649. The van der Waals surface area contributed by atoms with E-state index in [9.17, 15) is 9.59 Å². The molecule has 1 aliphatic rings. The van der Waals surface area contributed by atoms with Crippen LogP contribution in [-0.4, -0.2) is 45.6 Å². The molecule has 0 aliphatic carbocycles. The van der Waals surface area contributed by atoms with Gasteiger partial charge in [-0.15, -0.1) is 0 Å². The molecule has 32 heavy (non-hydrogen) atoms. The van der Waals surface area contributed by atoms with E-state index in [0.29, 0.717) is 31.6 Å². The van der Waals surface area contributed by atoms with Crippen LogP contribution in [0.4, 0.5) is 0 Å². The minimum absolute atomic E-state index is 0.00619. The summed E-state index contributed by atoms with van der Waals surface area (Å²) in [7, 11) is 1.79. The summed E-state index contributed by atoms with van der Waals surface area (Å²) in [6.07, 6.45) is 2.95. The van der Waals surface area contributed by atoms with Crippen molar-refractivity contribution in [2.75, 3.05) is 13.1 Å². The van der Waals surface area contributed by atoms with Crippen LogP contribution >= 0.6 is 0 Å². The average Bonchev–Trinajstić information content (AvgIpc) is 3.41. The molecule has 1 atom stereocenters. The summed E-state index contributed by atoms with van der Waals surface area (Å²) in [6.45, 7) is 4.85. The van der Waals surface area contributed by atoms with Crippen LogP contribution < -0.4 is 5.32 Å². The highest BCUT2D eigenvalue weighted by molar-refractivity contribution is 5.94. The van der Waals surface area contributed by atoms with Gasteiger partial charge in [-0.3, -0.25) is 14.3 Å². The molecule has 0 unspecified atom stereocenters. The van der Waals surface area contributed by atoms with Crippen molar-refractivity contribution in [3.8, 4) is 11.1 Å². The zero-order chi connectivity index (χ0) is 22.7. The number of nitrogens with zero attached hydrogens (tertiary/aromatic N) is 3. The second-order valence-corrected chi connectivity index (χ2v) is 8.96. The molecule has 0 radical (unpaired) electrons. The molecule has 166 valence electrons. The summed E-state index contributed by atoms with van der Waals surface area (Å²) >= 11 is 0. The minimum atomic E-state index is -0.681.